The predicted octanol–water partition coefficient (Wildman–Crippen LogP) is 16.0. The van der Waals surface area contributed by atoms with Crippen molar-refractivity contribution in [2.24, 2.45) is 0 Å². The number of para-hydroxylation sites is 2. The van der Waals surface area contributed by atoms with E-state index in [1.54, 1.807) is 0 Å². The number of anilines is 3. The van der Waals surface area contributed by atoms with E-state index in [4.69, 9.17) is 0 Å². The van der Waals surface area contributed by atoms with E-state index in [0.717, 1.165) is 35.6 Å². The van der Waals surface area contributed by atoms with E-state index in [-0.39, 0.29) is 0 Å². The number of rotatable bonds is 6. The van der Waals surface area contributed by atoms with Gasteiger partial charge in [-0.2, -0.15) is 0 Å². The van der Waals surface area contributed by atoms with E-state index >= 15 is 0 Å². The van der Waals surface area contributed by atoms with Crippen molar-refractivity contribution < 1.29 is 0 Å². The van der Waals surface area contributed by atoms with Crippen LogP contribution in [0.2, 0.25) is 0 Å². The molecule has 0 atom stereocenters. The van der Waals surface area contributed by atoms with E-state index in [0.29, 0.717) is 0 Å². The summed E-state index contributed by atoms with van der Waals surface area (Å²) in [7, 11) is 0. The van der Waals surface area contributed by atoms with Crippen LogP contribution in [0.5, 0.6) is 0 Å². The van der Waals surface area contributed by atoms with Gasteiger partial charge in [0.25, 0.3) is 0 Å². The van der Waals surface area contributed by atoms with Gasteiger partial charge >= 0.3 is 0 Å². The first-order chi connectivity index (χ1) is 29.8. The Morgan fingerprint density at radius 3 is 1.98 bits per heavy atom. The van der Waals surface area contributed by atoms with Crippen LogP contribution in [0.3, 0.4) is 0 Å². The molecular formula is C58H40N2. The molecule has 0 amide bonds. The molecule has 0 unspecified atom stereocenters. The molecule has 2 heteroatoms. The number of allylic oxidation sites excluding steroid dienone is 1. The molecule has 1 heterocycles. The highest BCUT2D eigenvalue weighted by molar-refractivity contribution is 6.16. The Kier molecular flexibility index (Phi) is 8.02. The highest BCUT2D eigenvalue weighted by Crippen LogP contribution is 2.43. The number of hydrogen-bond acceptors (Lipinski definition) is 1. The molecule has 11 aromatic rings. The largest absolute Gasteiger partial charge is 0.310 e. The summed E-state index contributed by atoms with van der Waals surface area (Å²) >= 11 is 0. The van der Waals surface area contributed by atoms with E-state index in [1.165, 1.54) is 87.5 Å². The fraction of sp³-hybridized carbons (Fsp3) is 0.0345. The lowest BCUT2D eigenvalue weighted by Gasteiger charge is -2.27. The van der Waals surface area contributed by atoms with E-state index in [1.807, 2.05) is 0 Å². The van der Waals surface area contributed by atoms with Crippen molar-refractivity contribution in [2.45, 2.75) is 12.8 Å². The second-order valence-electron chi connectivity index (χ2n) is 16.0. The molecule has 0 saturated carbocycles. The number of hydrogen-bond donors (Lipinski definition) is 0. The maximum atomic E-state index is 2.42. The Hall–Kier alpha value is -7.68. The first kappa shape index (κ1) is 34.4. The van der Waals surface area contributed by atoms with Crippen molar-refractivity contribution in [3.8, 4) is 27.9 Å². The summed E-state index contributed by atoms with van der Waals surface area (Å²) in [6.45, 7) is 0. The van der Waals surface area contributed by atoms with Gasteiger partial charge in [0, 0.05) is 33.5 Å². The molecule has 0 saturated heterocycles. The first-order valence-electron chi connectivity index (χ1n) is 21.0. The molecule has 0 radical (unpaired) electrons. The number of nitrogens with zero attached hydrogens (tertiary/aromatic N) is 2. The van der Waals surface area contributed by atoms with E-state index in [9.17, 15) is 0 Å². The lowest BCUT2D eigenvalue weighted by molar-refractivity contribution is 0.990. The normalized spacial score (nSPS) is 12.5. The fourth-order valence-electron chi connectivity index (χ4n) is 9.84. The first-order valence-corrected chi connectivity index (χ1v) is 21.0. The zero-order chi connectivity index (χ0) is 39.6. The molecule has 0 aliphatic heterocycles. The maximum Gasteiger partial charge on any atom is 0.0547 e. The fourth-order valence-corrected chi connectivity index (χ4v) is 9.84. The smallest absolute Gasteiger partial charge is 0.0547 e. The monoisotopic (exact) mass is 764 g/mol. The van der Waals surface area contributed by atoms with Gasteiger partial charge in [-0.15, -0.1) is 0 Å². The Bertz CT molecular complexity index is 3480. The Morgan fingerprint density at radius 2 is 1.10 bits per heavy atom. The van der Waals surface area contributed by atoms with E-state index in [2.05, 4.69) is 228 Å². The lowest BCUT2D eigenvalue weighted by atomic mass is 9.92. The molecule has 1 aliphatic rings. The SMILES string of the molecule is C1=Cc2c(ccc3cc(N(c4ccc(-c5cc6ccccc6c6ccccc56)cc4)c4cccc(-c5cccc6c5c5ccccc5n6-c5ccccc5)c4)ccc23)CC1. The van der Waals surface area contributed by atoms with Crippen LogP contribution in [0, 0.1) is 0 Å². The van der Waals surface area contributed by atoms with Crippen molar-refractivity contribution in [3.63, 3.8) is 0 Å². The van der Waals surface area contributed by atoms with Crippen LogP contribution >= 0.6 is 0 Å². The minimum absolute atomic E-state index is 1.10. The van der Waals surface area contributed by atoms with Gasteiger partial charge in [0.2, 0.25) is 0 Å². The minimum Gasteiger partial charge on any atom is -0.310 e. The number of benzene rings is 10. The van der Waals surface area contributed by atoms with Crippen molar-refractivity contribution in [2.75, 3.05) is 4.90 Å². The van der Waals surface area contributed by atoms with E-state index < -0.39 is 0 Å². The van der Waals surface area contributed by atoms with Crippen LogP contribution in [-0.4, -0.2) is 4.57 Å². The van der Waals surface area contributed by atoms with Gasteiger partial charge < -0.3 is 9.47 Å². The molecule has 12 rings (SSSR count). The van der Waals surface area contributed by atoms with Crippen molar-refractivity contribution in [1.82, 2.24) is 4.57 Å². The van der Waals surface area contributed by atoms with Crippen molar-refractivity contribution in [3.05, 3.63) is 223 Å². The molecular weight excluding hydrogens is 725 g/mol. The summed E-state index contributed by atoms with van der Waals surface area (Å²) in [5.41, 5.74) is 14.5. The summed E-state index contributed by atoms with van der Waals surface area (Å²) in [5, 5.41) is 10.1. The molecule has 2 nitrogen and oxygen atoms in total. The number of aryl methyl sites for hydroxylation is 1. The third-order valence-corrected chi connectivity index (χ3v) is 12.6. The second kappa shape index (κ2) is 14.0. The minimum atomic E-state index is 1.10. The van der Waals surface area contributed by atoms with Gasteiger partial charge in [-0.25, -0.2) is 0 Å². The van der Waals surface area contributed by atoms with Crippen LogP contribution in [0.1, 0.15) is 17.5 Å². The molecule has 282 valence electrons. The Morgan fingerprint density at radius 1 is 0.400 bits per heavy atom. The third kappa shape index (κ3) is 5.56. The van der Waals surface area contributed by atoms with Gasteiger partial charge in [0.05, 0.1) is 11.0 Å². The molecule has 1 aliphatic carbocycles. The Balaban J connectivity index is 1.03. The van der Waals surface area contributed by atoms with Crippen LogP contribution in [0.25, 0.3) is 88.1 Å². The number of fused-ring (bicyclic) bond motifs is 9. The zero-order valence-electron chi connectivity index (χ0n) is 33.1. The molecule has 60 heavy (non-hydrogen) atoms. The maximum absolute atomic E-state index is 2.42. The highest BCUT2D eigenvalue weighted by Gasteiger charge is 2.20. The summed E-state index contributed by atoms with van der Waals surface area (Å²) in [5.74, 6) is 0. The van der Waals surface area contributed by atoms with Gasteiger partial charge in [0.1, 0.15) is 0 Å². The zero-order valence-corrected chi connectivity index (χ0v) is 33.1. The van der Waals surface area contributed by atoms with Crippen LogP contribution in [-0.2, 0) is 6.42 Å². The Labute approximate surface area is 349 Å². The van der Waals surface area contributed by atoms with Gasteiger partial charge in [-0.05, 0) is 145 Å². The quantitative estimate of drug-likeness (QED) is 0.153. The van der Waals surface area contributed by atoms with Gasteiger partial charge in [0.15, 0.2) is 0 Å². The molecule has 0 fully saturated rings. The lowest BCUT2D eigenvalue weighted by Crippen LogP contribution is -2.10. The summed E-state index contributed by atoms with van der Waals surface area (Å²) in [4.78, 5) is 2.42. The molecule has 1 aromatic heterocycles. The average molecular weight is 765 g/mol. The molecule has 0 spiro atoms. The van der Waals surface area contributed by atoms with Crippen LogP contribution in [0.15, 0.2) is 212 Å². The van der Waals surface area contributed by atoms with Gasteiger partial charge in [-0.1, -0.05) is 152 Å². The summed E-state index contributed by atoms with van der Waals surface area (Å²) < 4.78 is 2.40. The molecule has 0 bridgehead atoms. The summed E-state index contributed by atoms with van der Waals surface area (Å²) in [6, 6.07) is 76.0. The van der Waals surface area contributed by atoms with Crippen molar-refractivity contribution in [1.29, 1.82) is 0 Å². The number of aromatic nitrogens is 1. The van der Waals surface area contributed by atoms with Gasteiger partial charge in [-0.3, -0.25) is 0 Å². The second-order valence-corrected chi connectivity index (χ2v) is 16.0. The molecule has 0 N–H and O–H groups in total. The topological polar surface area (TPSA) is 8.17 Å². The average Bonchev–Trinajstić information content (AvgIpc) is 3.66. The van der Waals surface area contributed by atoms with Crippen LogP contribution in [0.4, 0.5) is 17.1 Å². The predicted molar refractivity (Wildman–Crippen MR) is 256 cm³/mol. The third-order valence-electron chi connectivity index (χ3n) is 12.6. The standard InChI is InChI=1S/C58H40N2/c1-2-17-44(18-3-1)60-56-26-11-10-24-54(56)58-51(25-13-27-57(58)60)41-16-12-19-46(36-41)59(47-34-35-50-43(37-47)29-28-39-14-4-6-20-48(39)50)45-32-30-40(31-33-45)55-38-42-15-5-7-21-49(42)52-22-8-9-23-53(52)55/h1-3,5-13,15-38H,4,14H2. The van der Waals surface area contributed by atoms with Crippen molar-refractivity contribution >= 4 is 77.3 Å². The molecule has 10 aromatic carbocycles. The summed E-state index contributed by atoms with van der Waals surface area (Å²) in [6.07, 6.45) is 6.82. The highest BCUT2D eigenvalue weighted by atomic mass is 15.1. The van der Waals surface area contributed by atoms with Crippen LogP contribution < -0.4 is 4.90 Å².